The van der Waals surface area contributed by atoms with Crippen LogP contribution in [0.2, 0.25) is 0 Å². The van der Waals surface area contributed by atoms with Crippen molar-refractivity contribution >= 4 is 11.6 Å². The van der Waals surface area contributed by atoms with Crippen LogP contribution in [0.3, 0.4) is 0 Å². The maximum absolute atomic E-state index is 6.55. The summed E-state index contributed by atoms with van der Waals surface area (Å²) in [5.41, 5.74) is 0.986. The lowest BCUT2D eigenvalue weighted by molar-refractivity contribution is -0.0402. The molecule has 0 spiro atoms. The Morgan fingerprint density at radius 3 is 3.00 bits per heavy atom. The van der Waals surface area contributed by atoms with E-state index < -0.39 is 5.06 Å². The highest BCUT2D eigenvalue weighted by Crippen LogP contribution is 2.42. The van der Waals surface area contributed by atoms with E-state index in [1.54, 1.807) is 7.11 Å². The van der Waals surface area contributed by atoms with Crippen molar-refractivity contribution in [1.82, 2.24) is 0 Å². The number of ether oxygens (including phenoxy) is 2. The summed E-state index contributed by atoms with van der Waals surface area (Å²) in [7, 11) is 1.66. The molecule has 1 aromatic rings. The van der Waals surface area contributed by atoms with Gasteiger partial charge in [0, 0.05) is 12.2 Å². The first-order valence-corrected chi connectivity index (χ1v) is 5.99. The van der Waals surface area contributed by atoms with Crippen molar-refractivity contribution in [2.75, 3.05) is 13.7 Å². The van der Waals surface area contributed by atoms with Crippen LogP contribution >= 0.6 is 11.6 Å². The van der Waals surface area contributed by atoms with E-state index in [9.17, 15) is 0 Å². The van der Waals surface area contributed by atoms with Gasteiger partial charge in [0.15, 0.2) is 5.06 Å². The molecule has 2 atom stereocenters. The van der Waals surface area contributed by atoms with Gasteiger partial charge in [-0.05, 0) is 30.9 Å². The van der Waals surface area contributed by atoms with E-state index in [4.69, 9.17) is 21.1 Å². The second-order valence-electron chi connectivity index (χ2n) is 4.41. The summed E-state index contributed by atoms with van der Waals surface area (Å²) in [6, 6.07) is 7.80. The third kappa shape index (κ3) is 2.33. The van der Waals surface area contributed by atoms with Crippen LogP contribution in [0.5, 0.6) is 5.75 Å². The SMILES string of the molecule is COc1cccc(C2(Cl)CC(C)CCO2)c1. The number of hydrogen-bond acceptors (Lipinski definition) is 2. The highest BCUT2D eigenvalue weighted by molar-refractivity contribution is 6.23. The average molecular weight is 241 g/mol. The molecule has 0 amide bonds. The zero-order valence-electron chi connectivity index (χ0n) is 9.70. The Labute approximate surface area is 102 Å². The van der Waals surface area contributed by atoms with Gasteiger partial charge >= 0.3 is 0 Å². The first-order valence-electron chi connectivity index (χ1n) is 5.61. The molecule has 1 aliphatic heterocycles. The second-order valence-corrected chi connectivity index (χ2v) is 5.02. The Morgan fingerprint density at radius 2 is 2.31 bits per heavy atom. The normalized spacial score (nSPS) is 30.1. The standard InChI is InChI=1S/C13H17ClO2/c1-10-6-7-16-13(14,9-10)11-4-3-5-12(8-11)15-2/h3-5,8,10H,6-7,9H2,1-2H3. The van der Waals surface area contributed by atoms with E-state index in [1.807, 2.05) is 24.3 Å². The monoisotopic (exact) mass is 240 g/mol. The van der Waals surface area contributed by atoms with Crippen LogP contribution < -0.4 is 4.74 Å². The summed E-state index contributed by atoms with van der Waals surface area (Å²) in [5, 5.41) is -0.674. The van der Waals surface area contributed by atoms with Crippen LogP contribution in [0.15, 0.2) is 24.3 Å². The number of benzene rings is 1. The molecule has 16 heavy (non-hydrogen) atoms. The van der Waals surface area contributed by atoms with E-state index >= 15 is 0 Å². The first-order chi connectivity index (χ1) is 7.64. The Hall–Kier alpha value is -0.730. The topological polar surface area (TPSA) is 18.5 Å². The summed E-state index contributed by atoms with van der Waals surface area (Å²) in [4.78, 5) is 0. The number of alkyl halides is 1. The lowest BCUT2D eigenvalue weighted by atomic mass is 9.93. The molecule has 1 heterocycles. The minimum atomic E-state index is -0.674. The smallest absolute Gasteiger partial charge is 0.167 e. The van der Waals surface area contributed by atoms with Gasteiger partial charge in [-0.2, -0.15) is 0 Å². The van der Waals surface area contributed by atoms with Gasteiger partial charge in [0.05, 0.1) is 7.11 Å². The predicted octanol–water partition coefficient (Wildman–Crippen LogP) is 3.53. The van der Waals surface area contributed by atoms with Gasteiger partial charge in [-0.1, -0.05) is 30.7 Å². The Balaban J connectivity index is 2.27. The minimum absolute atomic E-state index is 0.595. The fourth-order valence-corrected chi connectivity index (χ4v) is 2.55. The van der Waals surface area contributed by atoms with Crippen molar-refractivity contribution in [1.29, 1.82) is 0 Å². The minimum Gasteiger partial charge on any atom is -0.497 e. The molecular formula is C13H17ClO2. The van der Waals surface area contributed by atoms with E-state index in [2.05, 4.69) is 6.92 Å². The molecule has 0 radical (unpaired) electrons. The summed E-state index contributed by atoms with van der Waals surface area (Å²) < 4.78 is 10.9. The maximum atomic E-state index is 6.55. The molecule has 2 unspecified atom stereocenters. The molecule has 1 aromatic carbocycles. The van der Waals surface area contributed by atoms with Crippen molar-refractivity contribution in [3.05, 3.63) is 29.8 Å². The van der Waals surface area contributed by atoms with Crippen LogP contribution in [0.1, 0.15) is 25.3 Å². The highest BCUT2D eigenvalue weighted by Gasteiger charge is 2.35. The largest absolute Gasteiger partial charge is 0.497 e. The van der Waals surface area contributed by atoms with Crippen molar-refractivity contribution in [2.24, 2.45) is 5.92 Å². The van der Waals surface area contributed by atoms with E-state index in [0.717, 1.165) is 30.8 Å². The highest BCUT2D eigenvalue weighted by atomic mass is 35.5. The number of rotatable bonds is 2. The molecule has 3 heteroatoms. The van der Waals surface area contributed by atoms with Gasteiger partial charge in [0.25, 0.3) is 0 Å². The van der Waals surface area contributed by atoms with Crippen molar-refractivity contribution in [2.45, 2.75) is 24.8 Å². The molecule has 1 aliphatic rings. The van der Waals surface area contributed by atoms with Crippen LogP contribution in [0.25, 0.3) is 0 Å². The van der Waals surface area contributed by atoms with E-state index in [-0.39, 0.29) is 0 Å². The van der Waals surface area contributed by atoms with Gasteiger partial charge in [-0.25, -0.2) is 0 Å². The second kappa shape index (κ2) is 4.64. The van der Waals surface area contributed by atoms with E-state index in [0.29, 0.717) is 5.92 Å². The number of halogens is 1. The Morgan fingerprint density at radius 1 is 1.50 bits per heavy atom. The van der Waals surface area contributed by atoms with E-state index in [1.165, 1.54) is 0 Å². The summed E-state index contributed by atoms with van der Waals surface area (Å²) in [6.07, 6.45) is 1.93. The fraction of sp³-hybridized carbons (Fsp3) is 0.538. The molecule has 0 bridgehead atoms. The lowest BCUT2D eigenvalue weighted by Gasteiger charge is -2.35. The van der Waals surface area contributed by atoms with Gasteiger partial charge in [-0.3, -0.25) is 0 Å². The van der Waals surface area contributed by atoms with Gasteiger partial charge in [0.2, 0.25) is 0 Å². The van der Waals surface area contributed by atoms with Crippen LogP contribution in [0, 0.1) is 5.92 Å². The van der Waals surface area contributed by atoms with Crippen molar-refractivity contribution < 1.29 is 9.47 Å². The first kappa shape index (κ1) is 11.7. The zero-order chi connectivity index (χ0) is 11.6. The molecule has 0 saturated carbocycles. The quantitative estimate of drug-likeness (QED) is 0.737. The van der Waals surface area contributed by atoms with Crippen molar-refractivity contribution in [3.8, 4) is 5.75 Å². The predicted molar refractivity (Wildman–Crippen MR) is 64.9 cm³/mol. The third-order valence-electron chi connectivity index (χ3n) is 3.05. The Bertz CT molecular complexity index is 367. The average Bonchev–Trinajstić information content (AvgIpc) is 2.29. The molecule has 0 N–H and O–H groups in total. The van der Waals surface area contributed by atoms with Crippen LogP contribution in [-0.4, -0.2) is 13.7 Å². The third-order valence-corrected chi connectivity index (χ3v) is 3.53. The lowest BCUT2D eigenvalue weighted by Crippen LogP contribution is -2.31. The number of hydrogen-bond donors (Lipinski definition) is 0. The van der Waals surface area contributed by atoms with Crippen LogP contribution in [0.4, 0.5) is 0 Å². The fourth-order valence-electron chi connectivity index (χ4n) is 2.09. The van der Waals surface area contributed by atoms with Gasteiger partial charge in [0.1, 0.15) is 5.75 Å². The summed E-state index contributed by atoms with van der Waals surface area (Å²) in [6.45, 7) is 2.93. The molecule has 0 aromatic heterocycles. The molecule has 2 nitrogen and oxygen atoms in total. The molecule has 0 aliphatic carbocycles. The van der Waals surface area contributed by atoms with Gasteiger partial charge in [-0.15, -0.1) is 0 Å². The van der Waals surface area contributed by atoms with Gasteiger partial charge < -0.3 is 9.47 Å². The molecular weight excluding hydrogens is 224 g/mol. The van der Waals surface area contributed by atoms with Crippen molar-refractivity contribution in [3.63, 3.8) is 0 Å². The van der Waals surface area contributed by atoms with Crippen LogP contribution in [-0.2, 0) is 9.80 Å². The summed E-state index contributed by atoms with van der Waals surface area (Å²) >= 11 is 6.55. The zero-order valence-corrected chi connectivity index (χ0v) is 10.5. The maximum Gasteiger partial charge on any atom is 0.167 e. The Kier molecular flexibility index (Phi) is 3.41. The number of methoxy groups -OCH3 is 1. The molecule has 88 valence electrons. The molecule has 1 fully saturated rings. The molecule has 2 rings (SSSR count). The molecule has 1 saturated heterocycles. The summed E-state index contributed by atoms with van der Waals surface area (Å²) in [5.74, 6) is 1.41.